The molecule has 0 radical (unpaired) electrons. The van der Waals surface area contributed by atoms with Crippen LogP contribution in [-0.4, -0.2) is 20.9 Å². The van der Waals surface area contributed by atoms with Crippen LogP contribution in [0.4, 0.5) is 19.0 Å². The molecule has 28 heavy (non-hydrogen) atoms. The molecule has 1 aliphatic carbocycles. The summed E-state index contributed by atoms with van der Waals surface area (Å²) in [6.07, 6.45) is -2.44. The van der Waals surface area contributed by atoms with E-state index < -0.39 is 23.6 Å². The van der Waals surface area contributed by atoms with Gasteiger partial charge in [-0.2, -0.15) is 13.2 Å². The van der Waals surface area contributed by atoms with Crippen LogP contribution in [0.25, 0.3) is 0 Å². The van der Waals surface area contributed by atoms with Crippen molar-refractivity contribution < 1.29 is 18.0 Å². The van der Waals surface area contributed by atoms with E-state index >= 15 is 0 Å². The SMILES string of the molecule is O=C(Nc1cn(Cc2ccccc2)nn1)[C@@H]1C[C@H]1c1ccccc1C(F)(F)F. The summed E-state index contributed by atoms with van der Waals surface area (Å²) in [5.41, 5.74) is 0.531. The summed E-state index contributed by atoms with van der Waals surface area (Å²) >= 11 is 0. The van der Waals surface area contributed by atoms with Gasteiger partial charge < -0.3 is 5.32 Å². The van der Waals surface area contributed by atoms with Gasteiger partial charge in [-0.3, -0.25) is 4.79 Å². The summed E-state index contributed by atoms with van der Waals surface area (Å²) in [6.45, 7) is 0.509. The van der Waals surface area contributed by atoms with Gasteiger partial charge in [-0.1, -0.05) is 53.7 Å². The van der Waals surface area contributed by atoms with Crippen LogP contribution in [0, 0.1) is 5.92 Å². The Labute approximate surface area is 159 Å². The van der Waals surface area contributed by atoms with Crippen molar-refractivity contribution in [1.29, 1.82) is 0 Å². The van der Waals surface area contributed by atoms with E-state index in [-0.39, 0.29) is 17.3 Å². The molecule has 1 saturated carbocycles. The number of carbonyl (C=O) groups excluding carboxylic acids is 1. The van der Waals surface area contributed by atoms with Gasteiger partial charge in [0.1, 0.15) is 0 Å². The Bertz CT molecular complexity index is 984. The molecule has 1 heterocycles. The number of rotatable bonds is 5. The number of nitrogens with zero attached hydrogens (tertiary/aromatic N) is 3. The third-order valence-electron chi connectivity index (χ3n) is 4.77. The minimum Gasteiger partial charge on any atom is -0.308 e. The lowest BCUT2D eigenvalue weighted by Crippen LogP contribution is -2.16. The maximum atomic E-state index is 13.2. The Morgan fingerprint density at radius 3 is 2.57 bits per heavy atom. The topological polar surface area (TPSA) is 59.8 Å². The van der Waals surface area contributed by atoms with E-state index in [2.05, 4.69) is 15.6 Å². The van der Waals surface area contributed by atoms with Crippen molar-refractivity contribution in [2.75, 3.05) is 5.32 Å². The van der Waals surface area contributed by atoms with Crippen molar-refractivity contribution in [3.05, 3.63) is 77.5 Å². The molecule has 1 amide bonds. The predicted molar refractivity (Wildman–Crippen MR) is 96.5 cm³/mol. The van der Waals surface area contributed by atoms with Crippen LogP contribution >= 0.6 is 0 Å². The normalized spacial score (nSPS) is 18.7. The van der Waals surface area contributed by atoms with E-state index in [1.54, 1.807) is 16.9 Å². The van der Waals surface area contributed by atoms with Gasteiger partial charge in [0.2, 0.25) is 5.91 Å². The summed E-state index contributed by atoms with van der Waals surface area (Å²) in [5, 5.41) is 10.5. The molecule has 0 aliphatic heterocycles. The Balaban J connectivity index is 1.40. The molecular formula is C20H17F3N4O. The van der Waals surface area contributed by atoms with Gasteiger partial charge in [-0.15, -0.1) is 5.10 Å². The van der Waals surface area contributed by atoms with E-state index in [1.807, 2.05) is 30.3 Å². The molecule has 0 saturated heterocycles. The number of alkyl halides is 3. The molecule has 1 aliphatic rings. The highest BCUT2D eigenvalue weighted by Gasteiger charge is 2.47. The molecule has 0 spiro atoms. The Morgan fingerprint density at radius 2 is 1.82 bits per heavy atom. The molecular weight excluding hydrogens is 369 g/mol. The first-order valence-corrected chi connectivity index (χ1v) is 8.83. The first kappa shape index (κ1) is 18.2. The number of carbonyl (C=O) groups is 1. The molecule has 1 aromatic heterocycles. The van der Waals surface area contributed by atoms with Crippen LogP contribution < -0.4 is 5.32 Å². The second kappa shape index (κ2) is 7.10. The average Bonchev–Trinajstić information content (AvgIpc) is 3.36. The summed E-state index contributed by atoms with van der Waals surface area (Å²) in [5.74, 6) is -0.982. The maximum Gasteiger partial charge on any atom is 0.416 e. The number of hydrogen-bond acceptors (Lipinski definition) is 3. The lowest BCUT2D eigenvalue weighted by atomic mass is 10.0. The largest absolute Gasteiger partial charge is 0.416 e. The molecule has 0 unspecified atom stereocenters. The average molecular weight is 386 g/mol. The van der Waals surface area contributed by atoms with Crippen molar-refractivity contribution in [1.82, 2.24) is 15.0 Å². The fourth-order valence-corrected chi connectivity index (χ4v) is 3.33. The van der Waals surface area contributed by atoms with Crippen LogP contribution in [0.2, 0.25) is 0 Å². The van der Waals surface area contributed by atoms with E-state index in [1.165, 1.54) is 12.1 Å². The molecule has 8 heteroatoms. The smallest absolute Gasteiger partial charge is 0.308 e. The molecule has 4 rings (SSSR count). The quantitative estimate of drug-likeness (QED) is 0.719. The molecule has 3 aromatic rings. The number of nitrogens with one attached hydrogen (secondary N) is 1. The number of amides is 1. The van der Waals surface area contributed by atoms with Gasteiger partial charge in [0.15, 0.2) is 5.82 Å². The second-order valence-electron chi connectivity index (χ2n) is 6.81. The molecule has 0 bridgehead atoms. The van der Waals surface area contributed by atoms with Crippen LogP contribution in [0.3, 0.4) is 0 Å². The summed E-state index contributed by atoms with van der Waals surface area (Å²) < 4.78 is 41.1. The van der Waals surface area contributed by atoms with Crippen LogP contribution in [-0.2, 0) is 17.5 Å². The number of benzene rings is 2. The van der Waals surface area contributed by atoms with Crippen molar-refractivity contribution in [3.8, 4) is 0 Å². The Morgan fingerprint density at radius 1 is 1.11 bits per heavy atom. The highest BCUT2D eigenvalue weighted by Crippen LogP contribution is 2.51. The maximum absolute atomic E-state index is 13.2. The van der Waals surface area contributed by atoms with Crippen molar-refractivity contribution in [2.24, 2.45) is 5.92 Å². The van der Waals surface area contributed by atoms with Gasteiger partial charge in [0.05, 0.1) is 18.3 Å². The Kier molecular flexibility index (Phi) is 4.62. The van der Waals surface area contributed by atoms with Gasteiger partial charge >= 0.3 is 6.18 Å². The zero-order valence-electron chi connectivity index (χ0n) is 14.7. The van der Waals surface area contributed by atoms with E-state index in [0.717, 1.165) is 11.6 Å². The third-order valence-corrected chi connectivity index (χ3v) is 4.77. The molecule has 1 N–H and O–H groups in total. The Hall–Kier alpha value is -3.16. The standard InChI is InChI=1S/C20H17F3N4O/c21-20(22,23)17-9-5-4-8-14(17)15-10-16(15)19(28)24-18-12-27(26-25-18)11-13-6-2-1-3-7-13/h1-9,12,15-16H,10-11H2,(H,24,28)/t15-,16+/m0/s1. The third kappa shape index (κ3) is 3.90. The van der Waals surface area contributed by atoms with Crippen molar-refractivity contribution in [3.63, 3.8) is 0 Å². The van der Waals surface area contributed by atoms with Gasteiger partial charge in [0, 0.05) is 5.92 Å². The molecule has 2 atom stereocenters. The number of anilines is 1. The zero-order valence-corrected chi connectivity index (χ0v) is 14.7. The molecule has 1 fully saturated rings. The van der Waals surface area contributed by atoms with Crippen molar-refractivity contribution in [2.45, 2.75) is 25.1 Å². The predicted octanol–water partition coefficient (Wildman–Crippen LogP) is 4.09. The molecule has 2 aromatic carbocycles. The molecule has 144 valence electrons. The second-order valence-corrected chi connectivity index (χ2v) is 6.81. The van der Waals surface area contributed by atoms with Crippen LogP contribution in [0.1, 0.15) is 29.0 Å². The summed E-state index contributed by atoms with van der Waals surface area (Å²) in [4.78, 5) is 12.4. The first-order valence-electron chi connectivity index (χ1n) is 8.83. The first-order chi connectivity index (χ1) is 13.4. The van der Waals surface area contributed by atoms with E-state index in [4.69, 9.17) is 0 Å². The fourth-order valence-electron chi connectivity index (χ4n) is 3.33. The highest BCUT2D eigenvalue weighted by atomic mass is 19.4. The highest BCUT2D eigenvalue weighted by molar-refractivity contribution is 5.94. The van der Waals surface area contributed by atoms with Crippen LogP contribution in [0.15, 0.2) is 60.8 Å². The lowest BCUT2D eigenvalue weighted by Gasteiger charge is -2.12. The lowest BCUT2D eigenvalue weighted by molar-refractivity contribution is -0.138. The van der Waals surface area contributed by atoms with E-state index in [9.17, 15) is 18.0 Å². The number of aromatic nitrogens is 3. The van der Waals surface area contributed by atoms with E-state index in [0.29, 0.717) is 13.0 Å². The minimum absolute atomic E-state index is 0.169. The summed E-state index contributed by atoms with van der Waals surface area (Å²) in [7, 11) is 0. The fraction of sp³-hybridized carbons (Fsp3) is 0.250. The van der Waals surface area contributed by atoms with Gasteiger partial charge in [-0.05, 0) is 29.5 Å². The molecule has 5 nitrogen and oxygen atoms in total. The van der Waals surface area contributed by atoms with Gasteiger partial charge in [-0.25, -0.2) is 4.68 Å². The minimum atomic E-state index is -4.43. The van der Waals surface area contributed by atoms with Gasteiger partial charge in [0.25, 0.3) is 0 Å². The van der Waals surface area contributed by atoms with Crippen LogP contribution in [0.5, 0.6) is 0 Å². The summed E-state index contributed by atoms with van der Waals surface area (Å²) in [6, 6.07) is 15.1. The van der Waals surface area contributed by atoms with Crippen molar-refractivity contribution >= 4 is 11.7 Å². The monoisotopic (exact) mass is 386 g/mol. The zero-order chi connectivity index (χ0) is 19.7. The number of halogens is 3. The number of hydrogen-bond donors (Lipinski definition) is 1.